The molecule has 0 spiro atoms. The van der Waals surface area contributed by atoms with Crippen molar-refractivity contribution in [1.29, 1.82) is 0 Å². The maximum atomic E-state index is 11.1. The fraction of sp³-hybridized carbons (Fsp3) is 0.857. The average molecular weight is 355 g/mol. The van der Waals surface area contributed by atoms with Gasteiger partial charge in [0.05, 0.1) is 17.1 Å². The van der Waals surface area contributed by atoms with Gasteiger partial charge in [-0.3, -0.25) is 4.79 Å². The second kappa shape index (κ2) is 10.3. The van der Waals surface area contributed by atoms with Crippen molar-refractivity contribution in [2.24, 2.45) is 5.41 Å². The predicted octanol–water partition coefficient (Wildman–Crippen LogP) is 5.09. The summed E-state index contributed by atoms with van der Waals surface area (Å²) in [5.41, 5.74) is -1.48. The van der Waals surface area contributed by atoms with Gasteiger partial charge in [0, 0.05) is 0 Å². The van der Waals surface area contributed by atoms with Crippen LogP contribution in [0.1, 0.15) is 91.9 Å². The largest absolute Gasteiger partial charge is 0.481 e. The number of hydrogen-bond acceptors (Lipinski definition) is 3. The van der Waals surface area contributed by atoms with Gasteiger partial charge in [0.1, 0.15) is 6.10 Å². The lowest BCUT2D eigenvalue weighted by molar-refractivity contribution is -0.147. The molecule has 0 amide bonds. The fourth-order valence-electron chi connectivity index (χ4n) is 2.99. The van der Waals surface area contributed by atoms with Crippen LogP contribution < -0.4 is 0 Å². The molecule has 0 aromatic carbocycles. The highest BCUT2D eigenvalue weighted by Gasteiger charge is 2.39. The summed E-state index contributed by atoms with van der Waals surface area (Å²) >= 11 is 0. The van der Waals surface area contributed by atoms with Crippen LogP contribution in [0.3, 0.4) is 0 Å². The van der Waals surface area contributed by atoms with E-state index in [0.717, 1.165) is 19.3 Å². The molecule has 1 saturated heterocycles. The Morgan fingerprint density at radius 3 is 2.24 bits per heavy atom. The lowest BCUT2D eigenvalue weighted by atomic mass is 9.87. The van der Waals surface area contributed by atoms with Crippen molar-refractivity contribution in [3.05, 3.63) is 12.2 Å². The lowest BCUT2D eigenvalue weighted by Gasteiger charge is -2.18. The second-order valence-electron chi connectivity index (χ2n) is 8.45. The molecule has 4 nitrogen and oxygen atoms in total. The molecule has 2 N–H and O–H groups in total. The number of aliphatic carboxylic acids is 1. The normalized spacial score (nSPS) is 22.9. The molecule has 1 aliphatic rings. The van der Waals surface area contributed by atoms with Crippen molar-refractivity contribution in [2.45, 2.75) is 110 Å². The Morgan fingerprint density at radius 1 is 1.04 bits per heavy atom. The standard InChI is InChI=1S/C21H38O4/c1-5-6-7-8-9-10-11-14-21(4,24)16-13-18-17(25-18)12-15-20(2,3)19(22)23/h13,16-18,24H,5-12,14-15H2,1-4H3,(H,22,23)/b16-13+. The van der Waals surface area contributed by atoms with Crippen molar-refractivity contribution in [2.75, 3.05) is 0 Å². The first-order valence-electron chi connectivity index (χ1n) is 9.98. The first kappa shape index (κ1) is 22.2. The van der Waals surface area contributed by atoms with Crippen LogP contribution in [0, 0.1) is 5.41 Å². The first-order valence-corrected chi connectivity index (χ1v) is 9.98. The smallest absolute Gasteiger partial charge is 0.309 e. The maximum Gasteiger partial charge on any atom is 0.309 e. The van der Waals surface area contributed by atoms with E-state index in [1.54, 1.807) is 13.8 Å². The first-order chi connectivity index (χ1) is 11.7. The van der Waals surface area contributed by atoms with Crippen LogP contribution in [-0.2, 0) is 9.53 Å². The summed E-state index contributed by atoms with van der Waals surface area (Å²) < 4.78 is 5.58. The third-order valence-electron chi connectivity index (χ3n) is 5.19. The van der Waals surface area contributed by atoms with Crippen molar-refractivity contribution < 1.29 is 19.7 Å². The highest BCUT2D eigenvalue weighted by Crippen LogP contribution is 2.33. The van der Waals surface area contributed by atoms with Crippen LogP contribution in [0.4, 0.5) is 0 Å². The van der Waals surface area contributed by atoms with Gasteiger partial charge < -0.3 is 14.9 Å². The zero-order valence-corrected chi connectivity index (χ0v) is 16.6. The Labute approximate surface area is 153 Å². The van der Waals surface area contributed by atoms with E-state index in [1.807, 2.05) is 19.1 Å². The Balaban J connectivity index is 2.17. The monoisotopic (exact) mass is 354 g/mol. The highest BCUT2D eigenvalue weighted by molar-refractivity contribution is 5.73. The van der Waals surface area contributed by atoms with Crippen LogP contribution in [0.5, 0.6) is 0 Å². The number of carboxylic acids is 1. The van der Waals surface area contributed by atoms with Gasteiger partial charge in [-0.25, -0.2) is 0 Å². The molecular weight excluding hydrogens is 316 g/mol. The molecule has 1 aliphatic heterocycles. The highest BCUT2D eigenvalue weighted by atomic mass is 16.6. The summed E-state index contributed by atoms with van der Waals surface area (Å²) in [5.74, 6) is -0.766. The fourth-order valence-corrected chi connectivity index (χ4v) is 2.99. The third-order valence-corrected chi connectivity index (χ3v) is 5.19. The molecule has 0 radical (unpaired) electrons. The molecule has 146 valence electrons. The zero-order chi connectivity index (χ0) is 18.9. The minimum absolute atomic E-state index is 0.0325. The number of aliphatic hydroxyl groups is 1. The van der Waals surface area contributed by atoms with Gasteiger partial charge in [-0.1, -0.05) is 64.0 Å². The van der Waals surface area contributed by atoms with Gasteiger partial charge in [0.2, 0.25) is 0 Å². The molecule has 3 atom stereocenters. The van der Waals surface area contributed by atoms with E-state index in [4.69, 9.17) is 9.84 Å². The SMILES string of the molecule is CCCCCCCCCC(C)(O)/C=C/C1OC1CCC(C)(C)C(=O)O. The molecule has 25 heavy (non-hydrogen) atoms. The van der Waals surface area contributed by atoms with Gasteiger partial charge in [0.15, 0.2) is 0 Å². The van der Waals surface area contributed by atoms with E-state index < -0.39 is 17.0 Å². The maximum absolute atomic E-state index is 11.1. The Hall–Kier alpha value is -0.870. The molecule has 0 bridgehead atoms. The Morgan fingerprint density at radius 2 is 1.64 bits per heavy atom. The zero-order valence-electron chi connectivity index (χ0n) is 16.6. The molecule has 1 fully saturated rings. The molecule has 0 saturated carbocycles. The van der Waals surface area contributed by atoms with Crippen LogP contribution in [0.15, 0.2) is 12.2 Å². The number of rotatable bonds is 14. The van der Waals surface area contributed by atoms with E-state index in [1.165, 1.54) is 38.5 Å². The number of carbonyl (C=O) groups is 1. The summed E-state index contributed by atoms with van der Waals surface area (Å²) in [6.45, 7) is 7.57. The summed E-state index contributed by atoms with van der Waals surface area (Å²) in [7, 11) is 0. The van der Waals surface area contributed by atoms with Crippen molar-refractivity contribution in [3.8, 4) is 0 Å². The lowest BCUT2D eigenvalue weighted by Crippen LogP contribution is -2.24. The number of unbranched alkanes of at least 4 members (excludes halogenated alkanes) is 6. The van der Waals surface area contributed by atoms with E-state index in [-0.39, 0.29) is 12.2 Å². The molecule has 4 heteroatoms. The van der Waals surface area contributed by atoms with Crippen LogP contribution >= 0.6 is 0 Å². The minimum Gasteiger partial charge on any atom is -0.481 e. The van der Waals surface area contributed by atoms with E-state index in [0.29, 0.717) is 6.42 Å². The van der Waals surface area contributed by atoms with Gasteiger partial charge in [-0.15, -0.1) is 0 Å². The van der Waals surface area contributed by atoms with Gasteiger partial charge in [-0.2, -0.15) is 0 Å². The predicted molar refractivity (Wildman–Crippen MR) is 102 cm³/mol. The number of ether oxygens (including phenoxy) is 1. The quantitative estimate of drug-likeness (QED) is 0.259. The second-order valence-corrected chi connectivity index (χ2v) is 8.45. The molecule has 0 aromatic rings. The van der Waals surface area contributed by atoms with Crippen molar-refractivity contribution in [1.82, 2.24) is 0 Å². The van der Waals surface area contributed by atoms with E-state index >= 15 is 0 Å². The Kier molecular flexibility index (Phi) is 9.15. The van der Waals surface area contributed by atoms with E-state index in [2.05, 4.69) is 6.92 Å². The van der Waals surface area contributed by atoms with Crippen LogP contribution in [-0.4, -0.2) is 34.0 Å². The Bertz CT molecular complexity index is 426. The van der Waals surface area contributed by atoms with Crippen LogP contribution in [0.25, 0.3) is 0 Å². The summed E-state index contributed by atoms with van der Waals surface area (Å²) in [4.78, 5) is 11.1. The topological polar surface area (TPSA) is 70.1 Å². The third kappa shape index (κ3) is 9.41. The molecule has 0 aliphatic carbocycles. The van der Waals surface area contributed by atoms with Gasteiger partial charge in [0.25, 0.3) is 0 Å². The minimum atomic E-state index is -0.778. The summed E-state index contributed by atoms with van der Waals surface area (Å²) in [6.07, 6.45) is 14.8. The summed E-state index contributed by atoms with van der Waals surface area (Å²) in [5, 5.41) is 19.6. The molecule has 3 unspecified atom stereocenters. The summed E-state index contributed by atoms with van der Waals surface area (Å²) in [6, 6.07) is 0. The number of epoxide rings is 1. The average Bonchev–Trinajstić information content (AvgIpc) is 3.29. The van der Waals surface area contributed by atoms with Crippen molar-refractivity contribution in [3.63, 3.8) is 0 Å². The molecular formula is C21H38O4. The van der Waals surface area contributed by atoms with Gasteiger partial charge in [-0.05, 0) is 40.0 Å². The van der Waals surface area contributed by atoms with Gasteiger partial charge >= 0.3 is 5.97 Å². The number of carboxylic acid groups (broad SMARTS) is 1. The van der Waals surface area contributed by atoms with Crippen molar-refractivity contribution >= 4 is 5.97 Å². The molecule has 0 aromatic heterocycles. The van der Waals surface area contributed by atoms with E-state index in [9.17, 15) is 9.90 Å². The molecule has 1 heterocycles. The number of hydrogen-bond donors (Lipinski definition) is 2. The molecule has 1 rings (SSSR count). The van der Waals surface area contributed by atoms with Crippen LogP contribution in [0.2, 0.25) is 0 Å².